The fraction of sp³-hybridized carbons (Fsp3) is 0.310. The molecule has 182 valence electrons. The van der Waals surface area contributed by atoms with Crippen molar-refractivity contribution in [1.82, 2.24) is 0 Å². The molecule has 4 aromatic rings. The molecular weight excluding hydrogens is 551 g/mol. The molecule has 0 fully saturated rings. The molecule has 1 aromatic heterocycles. The summed E-state index contributed by atoms with van der Waals surface area (Å²) in [5.74, 6) is 0.639. The SMILES string of the molecule is CNc1ccc2c3ccc(CC(=O)OC(C)(C)C)cc3c(-c3ccc(OCCI)cc3)[n+](C)c2c1. The molecule has 3 aromatic carbocycles. The maximum Gasteiger partial charge on any atom is 0.310 e. The number of halogens is 1. The number of ether oxygens (including phenoxy) is 2. The lowest BCUT2D eigenvalue weighted by atomic mass is 9.96. The van der Waals surface area contributed by atoms with Crippen molar-refractivity contribution in [2.75, 3.05) is 23.4 Å². The summed E-state index contributed by atoms with van der Waals surface area (Å²) in [5, 5.41) is 6.65. The number of rotatable bonds is 7. The minimum atomic E-state index is -0.506. The molecule has 0 aliphatic heterocycles. The van der Waals surface area contributed by atoms with E-state index in [9.17, 15) is 4.79 Å². The third-order valence-electron chi connectivity index (χ3n) is 5.85. The van der Waals surface area contributed by atoms with Crippen molar-refractivity contribution in [3.8, 4) is 17.0 Å². The number of carbonyl (C=O) groups is 1. The highest BCUT2D eigenvalue weighted by Crippen LogP contribution is 2.33. The van der Waals surface area contributed by atoms with Crippen LogP contribution in [0.2, 0.25) is 0 Å². The first-order valence-electron chi connectivity index (χ1n) is 11.8. The molecule has 0 saturated heterocycles. The van der Waals surface area contributed by atoms with Crippen LogP contribution in [0.3, 0.4) is 0 Å². The fourth-order valence-electron chi connectivity index (χ4n) is 4.38. The van der Waals surface area contributed by atoms with Crippen LogP contribution in [0.1, 0.15) is 26.3 Å². The molecule has 0 radical (unpaired) electrons. The second kappa shape index (κ2) is 10.4. The van der Waals surface area contributed by atoms with Crippen LogP contribution in [-0.4, -0.2) is 29.7 Å². The van der Waals surface area contributed by atoms with Crippen molar-refractivity contribution in [2.45, 2.75) is 32.8 Å². The molecule has 0 amide bonds. The van der Waals surface area contributed by atoms with E-state index in [0.717, 1.165) is 54.4 Å². The summed E-state index contributed by atoms with van der Waals surface area (Å²) >= 11 is 2.31. The molecule has 0 unspecified atom stereocenters. The minimum absolute atomic E-state index is 0.223. The smallest absolute Gasteiger partial charge is 0.310 e. The van der Waals surface area contributed by atoms with Crippen LogP contribution in [0.15, 0.2) is 60.7 Å². The highest BCUT2D eigenvalue weighted by Gasteiger charge is 2.23. The molecule has 6 heteroatoms. The molecule has 35 heavy (non-hydrogen) atoms. The summed E-state index contributed by atoms with van der Waals surface area (Å²) in [5.41, 5.74) is 4.79. The lowest BCUT2D eigenvalue weighted by molar-refractivity contribution is -0.632. The number of carbonyl (C=O) groups excluding carboxylic acids is 1. The zero-order chi connectivity index (χ0) is 25.2. The number of aryl methyl sites for hydroxylation is 1. The van der Waals surface area contributed by atoms with Gasteiger partial charge in [0, 0.05) is 34.2 Å². The number of hydrogen-bond acceptors (Lipinski definition) is 4. The minimum Gasteiger partial charge on any atom is -0.493 e. The highest BCUT2D eigenvalue weighted by atomic mass is 127. The first-order valence-corrected chi connectivity index (χ1v) is 13.3. The summed E-state index contributed by atoms with van der Waals surface area (Å²) < 4.78 is 14.5. The lowest BCUT2D eigenvalue weighted by Crippen LogP contribution is -2.32. The Bertz CT molecular complexity index is 1380. The molecule has 0 bridgehead atoms. The van der Waals surface area contributed by atoms with E-state index in [-0.39, 0.29) is 12.4 Å². The van der Waals surface area contributed by atoms with Gasteiger partial charge >= 0.3 is 5.97 Å². The Labute approximate surface area is 220 Å². The summed E-state index contributed by atoms with van der Waals surface area (Å²) in [7, 11) is 4.03. The monoisotopic (exact) mass is 583 g/mol. The predicted octanol–water partition coefficient (Wildman–Crippen LogP) is 6.22. The number of esters is 1. The Balaban J connectivity index is 1.89. The molecule has 0 spiro atoms. The molecule has 4 rings (SSSR count). The summed E-state index contributed by atoms with van der Waals surface area (Å²) in [4.78, 5) is 12.5. The van der Waals surface area contributed by atoms with Crippen molar-refractivity contribution < 1.29 is 18.8 Å². The second-order valence-electron chi connectivity index (χ2n) is 9.59. The van der Waals surface area contributed by atoms with Gasteiger partial charge in [-0.1, -0.05) is 34.7 Å². The second-order valence-corrected chi connectivity index (χ2v) is 10.7. The Hall–Kier alpha value is -2.87. The molecular formula is C29H32IN2O3+. The largest absolute Gasteiger partial charge is 0.493 e. The molecule has 1 N–H and O–H groups in total. The third-order valence-corrected chi connectivity index (χ3v) is 6.29. The van der Waals surface area contributed by atoms with E-state index in [1.54, 1.807) is 0 Å². The maximum atomic E-state index is 12.5. The van der Waals surface area contributed by atoms with E-state index < -0.39 is 5.60 Å². The zero-order valence-electron chi connectivity index (χ0n) is 20.9. The van der Waals surface area contributed by atoms with Crippen LogP contribution >= 0.6 is 22.6 Å². The number of anilines is 1. The third kappa shape index (κ3) is 5.69. The topological polar surface area (TPSA) is 51.4 Å². The van der Waals surface area contributed by atoms with Crippen molar-refractivity contribution in [1.29, 1.82) is 0 Å². The Morgan fingerprint density at radius 2 is 1.69 bits per heavy atom. The summed E-state index contributed by atoms with van der Waals surface area (Å²) in [6.07, 6.45) is 0.232. The average Bonchev–Trinajstić information content (AvgIpc) is 2.82. The van der Waals surface area contributed by atoms with Crippen molar-refractivity contribution in [2.24, 2.45) is 7.05 Å². The van der Waals surface area contributed by atoms with Crippen molar-refractivity contribution >= 4 is 55.9 Å². The van der Waals surface area contributed by atoms with Gasteiger partial charge in [-0.3, -0.25) is 4.79 Å². The van der Waals surface area contributed by atoms with Crippen LogP contribution in [-0.2, 0) is 23.0 Å². The molecule has 0 aliphatic rings. The van der Waals surface area contributed by atoms with Gasteiger partial charge in [-0.2, -0.15) is 4.57 Å². The summed E-state index contributed by atoms with van der Waals surface area (Å²) in [6.45, 7) is 6.36. The van der Waals surface area contributed by atoms with Gasteiger partial charge in [0.05, 0.1) is 23.8 Å². The number of alkyl halides is 1. The Kier molecular flexibility index (Phi) is 7.50. The van der Waals surface area contributed by atoms with E-state index in [4.69, 9.17) is 9.47 Å². The predicted molar refractivity (Wildman–Crippen MR) is 152 cm³/mol. The van der Waals surface area contributed by atoms with Crippen LogP contribution < -0.4 is 14.6 Å². The average molecular weight is 583 g/mol. The number of hydrogen-bond donors (Lipinski definition) is 1. The Morgan fingerprint density at radius 1 is 0.971 bits per heavy atom. The molecule has 0 atom stereocenters. The van der Waals surface area contributed by atoms with Gasteiger partial charge in [-0.15, -0.1) is 0 Å². The van der Waals surface area contributed by atoms with E-state index >= 15 is 0 Å². The standard InChI is InChI=1S/C29H31IN2O3/c1-29(2,3)35-27(33)17-19-6-12-23-24-13-9-21(31-4)18-26(24)32(5)28(25(23)16-19)20-7-10-22(11-8-20)34-15-14-30/h6-13,16,18H,14-15,17H2,1-5H3/p+1. The van der Waals surface area contributed by atoms with Gasteiger partial charge < -0.3 is 14.8 Å². The maximum absolute atomic E-state index is 12.5. The van der Waals surface area contributed by atoms with Gasteiger partial charge in [0.25, 0.3) is 0 Å². The van der Waals surface area contributed by atoms with Gasteiger partial charge in [0.1, 0.15) is 18.4 Å². The number of nitrogens with zero attached hydrogens (tertiary/aromatic N) is 1. The quantitative estimate of drug-likeness (QED) is 0.0923. The number of aromatic nitrogens is 1. The van der Waals surface area contributed by atoms with E-state index in [2.05, 4.69) is 82.0 Å². The van der Waals surface area contributed by atoms with Gasteiger partial charge in [0.2, 0.25) is 11.2 Å². The van der Waals surface area contributed by atoms with E-state index in [0.29, 0.717) is 6.61 Å². The zero-order valence-corrected chi connectivity index (χ0v) is 23.1. The van der Waals surface area contributed by atoms with Gasteiger partial charge in [-0.05, 0) is 68.8 Å². The normalized spacial score (nSPS) is 11.6. The van der Waals surface area contributed by atoms with E-state index in [1.807, 2.05) is 46.0 Å². The van der Waals surface area contributed by atoms with Crippen LogP contribution in [0.5, 0.6) is 5.75 Å². The van der Waals surface area contributed by atoms with E-state index in [1.165, 1.54) is 0 Å². The fourth-order valence-corrected chi connectivity index (χ4v) is 4.60. The lowest BCUT2D eigenvalue weighted by Gasteiger charge is -2.19. The van der Waals surface area contributed by atoms with Crippen LogP contribution in [0, 0.1) is 0 Å². The molecule has 0 saturated carbocycles. The van der Waals surface area contributed by atoms with Crippen LogP contribution in [0.4, 0.5) is 5.69 Å². The number of fused-ring (bicyclic) bond motifs is 3. The number of nitrogens with one attached hydrogen (secondary N) is 1. The van der Waals surface area contributed by atoms with Gasteiger partial charge in [0.15, 0.2) is 0 Å². The molecule has 0 aliphatic carbocycles. The Morgan fingerprint density at radius 3 is 2.34 bits per heavy atom. The van der Waals surface area contributed by atoms with Crippen molar-refractivity contribution in [3.05, 3.63) is 66.2 Å². The molecule has 5 nitrogen and oxygen atoms in total. The highest BCUT2D eigenvalue weighted by molar-refractivity contribution is 14.1. The first-order chi connectivity index (χ1) is 16.7. The van der Waals surface area contributed by atoms with Gasteiger partial charge in [-0.25, -0.2) is 0 Å². The number of pyridine rings is 1. The van der Waals surface area contributed by atoms with Crippen molar-refractivity contribution in [3.63, 3.8) is 0 Å². The first kappa shape index (κ1) is 25.2. The van der Waals surface area contributed by atoms with Crippen LogP contribution in [0.25, 0.3) is 32.9 Å². The molecule has 1 heterocycles. The number of benzene rings is 3. The summed E-state index contributed by atoms with van der Waals surface area (Å²) in [6, 6.07) is 20.9.